The number of hydrogen-bond acceptors (Lipinski definition) is 1. The van der Waals surface area contributed by atoms with Crippen molar-refractivity contribution in [1.29, 1.82) is 0 Å². The summed E-state index contributed by atoms with van der Waals surface area (Å²) in [4.78, 5) is 0. The Balaban J connectivity index is 2.95. The molecule has 1 rings (SSSR count). The SMILES string of the molecule is CNC1(C(F)(F)F)CC(C)CCC1C. The number of alkyl halides is 3. The third kappa shape index (κ3) is 1.76. The molecule has 0 aromatic heterocycles. The minimum atomic E-state index is -4.14. The monoisotopic (exact) mass is 209 g/mol. The molecule has 0 heterocycles. The van der Waals surface area contributed by atoms with Crippen LogP contribution in [0, 0.1) is 11.8 Å². The van der Waals surface area contributed by atoms with Crippen LogP contribution in [0.5, 0.6) is 0 Å². The molecular weight excluding hydrogens is 191 g/mol. The molecule has 14 heavy (non-hydrogen) atoms. The van der Waals surface area contributed by atoms with Crippen LogP contribution in [0.4, 0.5) is 13.2 Å². The van der Waals surface area contributed by atoms with Gasteiger partial charge in [0, 0.05) is 0 Å². The van der Waals surface area contributed by atoms with Gasteiger partial charge in [-0.2, -0.15) is 13.2 Å². The summed E-state index contributed by atoms with van der Waals surface area (Å²) in [7, 11) is 1.42. The summed E-state index contributed by atoms with van der Waals surface area (Å²) >= 11 is 0. The third-order valence-electron chi connectivity index (χ3n) is 3.56. The van der Waals surface area contributed by atoms with E-state index in [9.17, 15) is 13.2 Å². The van der Waals surface area contributed by atoms with Crippen LogP contribution in [-0.4, -0.2) is 18.8 Å². The molecule has 0 bridgehead atoms. The first-order chi connectivity index (χ1) is 6.33. The van der Waals surface area contributed by atoms with Gasteiger partial charge in [0.1, 0.15) is 5.54 Å². The maximum absolute atomic E-state index is 13.0. The van der Waals surface area contributed by atoms with Crippen LogP contribution in [0.15, 0.2) is 0 Å². The Hall–Kier alpha value is -0.250. The molecule has 0 amide bonds. The molecule has 1 aliphatic rings. The first kappa shape index (κ1) is 11.8. The molecule has 0 radical (unpaired) electrons. The minimum Gasteiger partial charge on any atom is -0.306 e. The summed E-state index contributed by atoms with van der Waals surface area (Å²) in [6, 6.07) is 0. The van der Waals surface area contributed by atoms with E-state index >= 15 is 0 Å². The van der Waals surface area contributed by atoms with Crippen molar-refractivity contribution in [1.82, 2.24) is 5.32 Å². The molecule has 1 saturated carbocycles. The van der Waals surface area contributed by atoms with E-state index in [-0.39, 0.29) is 18.3 Å². The second-order valence-corrected chi connectivity index (χ2v) is 4.51. The largest absolute Gasteiger partial charge is 0.406 e. The van der Waals surface area contributed by atoms with Gasteiger partial charge in [0.2, 0.25) is 0 Å². The molecule has 0 saturated heterocycles. The summed E-state index contributed by atoms with van der Waals surface area (Å²) in [5.74, 6) is -0.177. The van der Waals surface area contributed by atoms with Crippen molar-refractivity contribution in [2.75, 3.05) is 7.05 Å². The predicted octanol–water partition coefficient (Wildman–Crippen LogP) is 2.96. The van der Waals surface area contributed by atoms with Crippen molar-refractivity contribution in [3.8, 4) is 0 Å². The zero-order valence-corrected chi connectivity index (χ0v) is 8.91. The van der Waals surface area contributed by atoms with Crippen LogP contribution in [-0.2, 0) is 0 Å². The Labute approximate surface area is 83.1 Å². The first-order valence-electron chi connectivity index (χ1n) is 5.09. The fourth-order valence-electron chi connectivity index (χ4n) is 2.52. The summed E-state index contributed by atoms with van der Waals surface area (Å²) < 4.78 is 38.9. The normalized spacial score (nSPS) is 39.9. The molecule has 84 valence electrons. The van der Waals surface area contributed by atoms with E-state index in [1.54, 1.807) is 6.92 Å². The highest BCUT2D eigenvalue weighted by Gasteiger charge is 2.58. The molecule has 1 N–H and O–H groups in total. The Morgan fingerprint density at radius 2 is 1.79 bits per heavy atom. The number of rotatable bonds is 1. The fourth-order valence-corrected chi connectivity index (χ4v) is 2.52. The van der Waals surface area contributed by atoms with Gasteiger partial charge in [-0.05, 0) is 31.7 Å². The molecule has 1 nitrogen and oxygen atoms in total. The highest BCUT2D eigenvalue weighted by Crippen LogP contribution is 2.46. The number of halogens is 3. The van der Waals surface area contributed by atoms with Crippen LogP contribution >= 0.6 is 0 Å². The van der Waals surface area contributed by atoms with Gasteiger partial charge in [-0.15, -0.1) is 0 Å². The van der Waals surface area contributed by atoms with Crippen molar-refractivity contribution < 1.29 is 13.2 Å². The van der Waals surface area contributed by atoms with Gasteiger partial charge >= 0.3 is 6.18 Å². The predicted molar refractivity (Wildman–Crippen MR) is 50.0 cm³/mol. The van der Waals surface area contributed by atoms with Crippen LogP contribution < -0.4 is 5.32 Å². The highest BCUT2D eigenvalue weighted by atomic mass is 19.4. The molecule has 3 unspecified atom stereocenters. The number of hydrogen-bond donors (Lipinski definition) is 1. The molecule has 1 aliphatic carbocycles. The lowest BCUT2D eigenvalue weighted by molar-refractivity contribution is -0.221. The quantitative estimate of drug-likeness (QED) is 0.700. The average Bonchev–Trinajstić information content (AvgIpc) is 2.07. The van der Waals surface area contributed by atoms with Crippen molar-refractivity contribution in [2.45, 2.75) is 44.8 Å². The van der Waals surface area contributed by atoms with Gasteiger partial charge in [-0.1, -0.05) is 20.3 Å². The van der Waals surface area contributed by atoms with E-state index in [2.05, 4.69) is 5.32 Å². The Kier molecular flexibility index (Phi) is 3.14. The molecule has 0 aliphatic heterocycles. The third-order valence-corrected chi connectivity index (χ3v) is 3.56. The van der Waals surface area contributed by atoms with E-state index < -0.39 is 11.7 Å². The molecular formula is C10H18F3N. The van der Waals surface area contributed by atoms with Gasteiger partial charge in [-0.25, -0.2) is 0 Å². The summed E-state index contributed by atoms with van der Waals surface area (Å²) in [6.45, 7) is 3.58. The van der Waals surface area contributed by atoms with E-state index in [1.807, 2.05) is 6.92 Å². The van der Waals surface area contributed by atoms with Crippen LogP contribution in [0.3, 0.4) is 0 Å². The smallest absolute Gasteiger partial charge is 0.306 e. The van der Waals surface area contributed by atoms with Crippen molar-refractivity contribution in [2.24, 2.45) is 11.8 Å². The van der Waals surface area contributed by atoms with Crippen LogP contribution in [0.25, 0.3) is 0 Å². The van der Waals surface area contributed by atoms with Gasteiger partial charge in [0.15, 0.2) is 0 Å². The molecule has 1 fully saturated rings. The summed E-state index contributed by atoms with van der Waals surface area (Å²) in [5.41, 5.74) is -1.66. The molecule has 3 atom stereocenters. The Morgan fingerprint density at radius 1 is 1.21 bits per heavy atom. The average molecular weight is 209 g/mol. The van der Waals surface area contributed by atoms with E-state index in [1.165, 1.54) is 7.05 Å². The second-order valence-electron chi connectivity index (χ2n) is 4.51. The van der Waals surface area contributed by atoms with E-state index in [0.717, 1.165) is 6.42 Å². The van der Waals surface area contributed by atoms with Gasteiger partial charge in [-0.3, -0.25) is 0 Å². The van der Waals surface area contributed by atoms with Crippen molar-refractivity contribution in [3.05, 3.63) is 0 Å². The van der Waals surface area contributed by atoms with Gasteiger partial charge < -0.3 is 5.32 Å². The van der Waals surface area contributed by atoms with E-state index in [4.69, 9.17) is 0 Å². The van der Waals surface area contributed by atoms with Crippen LogP contribution in [0.1, 0.15) is 33.1 Å². The van der Waals surface area contributed by atoms with Crippen molar-refractivity contribution in [3.63, 3.8) is 0 Å². The fraction of sp³-hybridized carbons (Fsp3) is 1.00. The molecule has 0 aromatic carbocycles. The molecule has 4 heteroatoms. The zero-order chi connectivity index (χ0) is 11.0. The maximum Gasteiger partial charge on any atom is 0.406 e. The lowest BCUT2D eigenvalue weighted by Gasteiger charge is -2.45. The van der Waals surface area contributed by atoms with Gasteiger partial charge in [0.25, 0.3) is 0 Å². The summed E-state index contributed by atoms with van der Waals surface area (Å²) in [6.07, 6.45) is -2.38. The maximum atomic E-state index is 13.0. The lowest BCUT2D eigenvalue weighted by atomic mass is 9.69. The number of nitrogens with one attached hydrogen (secondary N) is 1. The Bertz CT molecular complexity index is 202. The van der Waals surface area contributed by atoms with Crippen molar-refractivity contribution >= 4 is 0 Å². The topological polar surface area (TPSA) is 12.0 Å². The van der Waals surface area contributed by atoms with Crippen LogP contribution in [0.2, 0.25) is 0 Å². The zero-order valence-electron chi connectivity index (χ0n) is 8.91. The highest BCUT2D eigenvalue weighted by molar-refractivity contribution is 5.01. The first-order valence-corrected chi connectivity index (χ1v) is 5.09. The minimum absolute atomic E-state index is 0.153. The summed E-state index contributed by atoms with van der Waals surface area (Å²) in [5, 5.41) is 2.51. The van der Waals surface area contributed by atoms with Gasteiger partial charge in [0.05, 0.1) is 0 Å². The Morgan fingerprint density at radius 3 is 2.14 bits per heavy atom. The standard InChI is InChI=1S/C10H18F3N/c1-7-4-5-8(2)9(6-7,14-3)10(11,12)13/h7-8,14H,4-6H2,1-3H3. The lowest BCUT2D eigenvalue weighted by Crippen LogP contribution is -2.62. The molecule has 0 aromatic rings. The van der Waals surface area contributed by atoms with E-state index in [0.29, 0.717) is 6.42 Å². The second kappa shape index (κ2) is 3.72. The molecule has 0 spiro atoms.